The van der Waals surface area contributed by atoms with Crippen molar-refractivity contribution in [1.82, 2.24) is 0 Å². The van der Waals surface area contributed by atoms with Crippen LogP contribution in [0.15, 0.2) is 150 Å². The zero-order valence-electron chi connectivity index (χ0n) is 22.7. The fourth-order valence-corrected chi connectivity index (χ4v) is 6.17. The van der Waals surface area contributed by atoms with E-state index < -0.39 is 0 Å². The fraction of sp³-hybridized carbons (Fsp3) is 0.0256. The Morgan fingerprint density at radius 2 is 1.17 bits per heavy atom. The number of hydrogen-bond donors (Lipinski definition) is 0. The molecule has 0 bridgehead atoms. The lowest BCUT2D eigenvalue weighted by Gasteiger charge is -2.27. The van der Waals surface area contributed by atoms with Crippen LogP contribution in [0.1, 0.15) is 5.56 Å². The summed E-state index contributed by atoms with van der Waals surface area (Å²) in [6.45, 7) is 2.16. The van der Waals surface area contributed by atoms with Crippen LogP contribution < -0.4 is 4.90 Å². The number of rotatable bonds is 4. The first-order chi connectivity index (χ1) is 20.2. The van der Waals surface area contributed by atoms with Crippen LogP contribution in [0.3, 0.4) is 0 Å². The van der Waals surface area contributed by atoms with Gasteiger partial charge in [-0.1, -0.05) is 109 Å². The molecule has 0 aliphatic carbocycles. The van der Waals surface area contributed by atoms with Gasteiger partial charge in [0.15, 0.2) is 0 Å². The third-order valence-corrected chi connectivity index (χ3v) is 8.15. The van der Waals surface area contributed by atoms with E-state index in [0.717, 1.165) is 44.4 Å². The quantitative estimate of drug-likeness (QED) is 0.227. The summed E-state index contributed by atoms with van der Waals surface area (Å²) in [7, 11) is 0. The highest BCUT2D eigenvalue weighted by atomic mass is 16.3. The van der Waals surface area contributed by atoms with Crippen molar-refractivity contribution in [3.63, 3.8) is 0 Å². The molecule has 0 spiro atoms. The molecule has 41 heavy (non-hydrogen) atoms. The molecule has 8 rings (SSSR count). The van der Waals surface area contributed by atoms with E-state index in [0.29, 0.717) is 0 Å². The number of furan rings is 1. The van der Waals surface area contributed by atoms with Gasteiger partial charge in [-0.25, -0.2) is 0 Å². The average Bonchev–Trinajstić information content (AvgIpc) is 3.42. The van der Waals surface area contributed by atoms with Crippen molar-refractivity contribution in [2.75, 3.05) is 4.90 Å². The molecule has 2 heteroatoms. The molecule has 8 aromatic rings. The van der Waals surface area contributed by atoms with Crippen LogP contribution in [0, 0.1) is 6.92 Å². The molecule has 0 fully saturated rings. The highest BCUT2D eigenvalue weighted by Crippen LogP contribution is 2.45. The smallest absolute Gasteiger partial charge is 0.143 e. The largest absolute Gasteiger partial charge is 0.455 e. The van der Waals surface area contributed by atoms with Crippen LogP contribution in [-0.2, 0) is 0 Å². The minimum atomic E-state index is 0.923. The Morgan fingerprint density at radius 3 is 2.00 bits per heavy atom. The molecule has 0 amide bonds. The molecule has 0 aliphatic rings. The first kappa shape index (κ1) is 23.5. The second-order valence-corrected chi connectivity index (χ2v) is 10.6. The highest BCUT2D eigenvalue weighted by Gasteiger charge is 2.21. The maximum atomic E-state index is 6.50. The van der Waals surface area contributed by atoms with E-state index in [1.54, 1.807) is 0 Å². The van der Waals surface area contributed by atoms with Crippen molar-refractivity contribution in [3.05, 3.63) is 151 Å². The summed E-state index contributed by atoms with van der Waals surface area (Å²) in [5.74, 6) is 0. The summed E-state index contributed by atoms with van der Waals surface area (Å²) in [6.07, 6.45) is 0. The zero-order valence-corrected chi connectivity index (χ0v) is 22.7. The first-order valence-corrected chi connectivity index (χ1v) is 14.0. The molecular weight excluding hydrogens is 498 g/mol. The van der Waals surface area contributed by atoms with Gasteiger partial charge in [0.05, 0.1) is 5.69 Å². The van der Waals surface area contributed by atoms with Gasteiger partial charge in [-0.15, -0.1) is 0 Å². The molecule has 0 unspecified atom stereocenters. The van der Waals surface area contributed by atoms with Gasteiger partial charge in [-0.2, -0.15) is 0 Å². The monoisotopic (exact) mass is 525 g/mol. The van der Waals surface area contributed by atoms with Crippen LogP contribution >= 0.6 is 0 Å². The summed E-state index contributed by atoms with van der Waals surface area (Å²) in [4.78, 5) is 2.39. The van der Waals surface area contributed by atoms with Gasteiger partial charge in [0, 0.05) is 32.9 Å². The lowest BCUT2D eigenvalue weighted by atomic mass is 9.99. The Kier molecular flexibility index (Phi) is 5.39. The predicted octanol–water partition coefficient (Wildman–Crippen LogP) is 11.3. The van der Waals surface area contributed by atoms with E-state index in [1.807, 2.05) is 0 Å². The van der Waals surface area contributed by atoms with Crippen molar-refractivity contribution in [3.8, 4) is 11.1 Å². The minimum absolute atomic E-state index is 0.923. The Bertz CT molecular complexity index is 2210. The Hall–Kier alpha value is -5.34. The maximum absolute atomic E-state index is 6.50. The summed E-state index contributed by atoms with van der Waals surface area (Å²) in [6, 6.07) is 51.9. The molecule has 0 saturated carbocycles. The van der Waals surface area contributed by atoms with Crippen molar-refractivity contribution in [1.29, 1.82) is 0 Å². The molecule has 0 saturated heterocycles. The van der Waals surface area contributed by atoms with Crippen molar-refractivity contribution >= 4 is 60.5 Å². The fourth-order valence-electron chi connectivity index (χ4n) is 6.17. The van der Waals surface area contributed by atoms with Gasteiger partial charge < -0.3 is 9.32 Å². The Balaban J connectivity index is 1.42. The number of fused-ring (bicyclic) bond motifs is 6. The molecule has 0 N–H and O–H groups in total. The number of hydrogen-bond acceptors (Lipinski definition) is 2. The van der Waals surface area contributed by atoms with Crippen LogP contribution in [0.5, 0.6) is 0 Å². The summed E-state index contributed by atoms with van der Waals surface area (Å²) >= 11 is 0. The summed E-state index contributed by atoms with van der Waals surface area (Å²) in [5, 5.41) is 7.02. The molecule has 7 aromatic carbocycles. The molecular formula is C39H27NO. The van der Waals surface area contributed by atoms with Crippen molar-refractivity contribution < 1.29 is 4.42 Å². The molecule has 0 aliphatic heterocycles. The van der Waals surface area contributed by atoms with Gasteiger partial charge in [-0.05, 0) is 70.8 Å². The van der Waals surface area contributed by atoms with Gasteiger partial charge in [0.1, 0.15) is 11.2 Å². The highest BCUT2D eigenvalue weighted by molar-refractivity contribution is 6.20. The second-order valence-electron chi connectivity index (χ2n) is 10.6. The average molecular weight is 526 g/mol. The van der Waals surface area contributed by atoms with Crippen molar-refractivity contribution in [2.45, 2.75) is 6.92 Å². The zero-order chi connectivity index (χ0) is 27.3. The lowest BCUT2D eigenvalue weighted by Crippen LogP contribution is -2.10. The molecule has 2 nitrogen and oxygen atoms in total. The van der Waals surface area contributed by atoms with E-state index in [1.165, 1.54) is 32.8 Å². The molecule has 194 valence electrons. The van der Waals surface area contributed by atoms with E-state index in [-0.39, 0.29) is 0 Å². The SMILES string of the molecule is Cc1cccc2oc3c4ccccc4c(N(c4ccc(-c5ccccc5)cc4)c4ccc5ccccc5c4)cc3c12. The van der Waals surface area contributed by atoms with Gasteiger partial charge >= 0.3 is 0 Å². The standard InChI is InChI=1S/C39H27NO/c1-26-10-9-17-37-38(26)35-25-36(33-15-7-8-16-34(33)39(35)41-37)40(32-23-20-28-13-5-6-14-30(28)24-32)31-21-18-29(19-22-31)27-11-3-2-4-12-27/h2-25H,1H3. The van der Waals surface area contributed by atoms with Gasteiger partial charge in [-0.3, -0.25) is 0 Å². The maximum Gasteiger partial charge on any atom is 0.143 e. The van der Waals surface area contributed by atoms with E-state index in [2.05, 4.69) is 157 Å². The first-order valence-electron chi connectivity index (χ1n) is 14.0. The molecule has 1 heterocycles. The third-order valence-electron chi connectivity index (χ3n) is 8.15. The van der Waals surface area contributed by atoms with Crippen LogP contribution in [0.2, 0.25) is 0 Å². The lowest BCUT2D eigenvalue weighted by molar-refractivity contribution is 0.672. The van der Waals surface area contributed by atoms with E-state index in [4.69, 9.17) is 4.42 Å². The second kappa shape index (κ2) is 9.39. The number of anilines is 3. The van der Waals surface area contributed by atoms with Crippen LogP contribution in [-0.4, -0.2) is 0 Å². The van der Waals surface area contributed by atoms with E-state index >= 15 is 0 Å². The number of aryl methyl sites for hydroxylation is 1. The third kappa shape index (κ3) is 3.88. The Labute approximate surface area is 238 Å². The molecule has 1 aromatic heterocycles. The van der Waals surface area contributed by atoms with Crippen LogP contribution in [0.4, 0.5) is 17.1 Å². The van der Waals surface area contributed by atoms with Gasteiger partial charge in [0.2, 0.25) is 0 Å². The van der Waals surface area contributed by atoms with Crippen molar-refractivity contribution in [2.24, 2.45) is 0 Å². The number of benzene rings is 7. The van der Waals surface area contributed by atoms with Crippen LogP contribution in [0.25, 0.3) is 54.6 Å². The molecule has 0 atom stereocenters. The molecule has 0 radical (unpaired) electrons. The Morgan fingerprint density at radius 1 is 0.488 bits per heavy atom. The minimum Gasteiger partial charge on any atom is -0.455 e. The van der Waals surface area contributed by atoms with Gasteiger partial charge in [0.25, 0.3) is 0 Å². The number of nitrogens with zero attached hydrogens (tertiary/aromatic N) is 1. The summed E-state index contributed by atoms with van der Waals surface area (Å²) in [5.41, 5.74) is 8.83. The summed E-state index contributed by atoms with van der Waals surface area (Å²) < 4.78 is 6.50. The van der Waals surface area contributed by atoms with E-state index in [9.17, 15) is 0 Å². The topological polar surface area (TPSA) is 16.4 Å². The normalized spacial score (nSPS) is 11.5. The predicted molar refractivity (Wildman–Crippen MR) is 174 cm³/mol.